The van der Waals surface area contributed by atoms with Crippen molar-refractivity contribution in [2.45, 2.75) is 39.2 Å². The molecule has 1 fully saturated rings. The minimum Gasteiger partial charge on any atom is -0.313 e. The van der Waals surface area contributed by atoms with Crippen LogP contribution in [0.1, 0.15) is 33.1 Å². The minimum absolute atomic E-state index is 0.00750. The number of ketones is 2. The quantitative estimate of drug-likeness (QED) is 0.662. The second-order valence-corrected chi connectivity index (χ2v) is 3.76. The molecule has 3 nitrogen and oxygen atoms in total. The van der Waals surface area contributed by atoms with Crippen molar-refractivity contribution in [2.75, 3.05) is 6.54 Å². The monoisotopic (exact) mass is 183 g/mol. The van der Waals surface area contributed by atoms with Crippen molar-refractivity contribution in [3.63, 3.8) is 0 Å². The van der Waals surface area contributed by atoms with Gasteiger partial charge in [0.15, 0.2) is 0 Å². The van der Waals surface area contributed by atoms with Crippen molar-refractivity contribution in [2.24, 2.45) is 5.92 Å². The van der Waals surface area contributed by atoms with Crippen LogP contribution in [-0.2, 0) is 9.59 Å². The van der Waals surface area contributed by atoms with E-state index >= 15 is 0 Å². The molecule has 1 heterocycles. The average molecular weight is 183 g/mol. The maximum atomic E-state index is 11.2. The van der Waals surface area contributed by atoms with Crippen LogP contribution in [0.2, 0.25) is 0 Å². The fourth-order valence-electron chi connectivity index (χ4n) is 2.02. The van der Waals surface area contributed by atoms with Crippen LogP contribution < -0.4 is 5.32 Å². The van der Waals surface area contributed by atoms with Gasteiger partial charge in [0.2, 0.25) is 0 Å². The van der Waals surface area contributed by atoms with Gasteiger partial charge < -0.3 is 5.32 Å². The highest BCUT2D eigenvalue weighted by molar-refractivity contribution is 6.01. The summed E-state index contributed by atoms with van der Waals surface area (Å²) < 4.78 is 0. The summed E-state index contributed by atoms with van der Waals surface area (Å²) in [7, 11) is 0. The van der Waals surface area contributed by atoms with E-state index in [4.69, 9.17) is 0 Å². The molecule has 1 unspecified atom stereocenters. The van der Waals surface area contributed by atoms with E-state index < -0.39 is 5.92 Å². The number of rotatable bonds is 3. The van der Waals surface area contributed by atoms with Gasteiger partial charge in [0.25, 0.3) is 0 Å². The minimum atomic E-state index is -0.416. The highest BCUT2D eigenvalue weighted by atomic mass is 16.1. The van der Waals surface area contributed by atoms with Gasteiger partial charge in [0, 0.05) is 6.04 Å². The summed E-state index contributed by atoms with van der Waals surface area (Å²) in [6.07, 6.45) is 3.22. The Labute approximate surface area is 78.9 Å². The number of hydrogen-bond donors (Lipinski definition) is 1. The Hall–Kier alpha value is -0.700. The van der Waals surface area contributed by atoms with E-state index in [2.05, 4.69) is 5.32 Å². The second-order valence-electron chi connectivity index (χ2n) is 3.76. The molecule has 13 heavy (non-hydrogen) atoms. The lowest BCUT2D eigenvalue weighted by Gasteiger charge is -2.28. The van der Waals surface area contributed by atoms with Crippen LogP contribution in [0.3, 0.4) is 0 Å². The van der Waals surface area contributed by atoms with Gasteiger partial charge in [0.05, 0.1) is 5.92 Å². The fraction of sp³-hybridized carbons (Fsp3) is 0.800. The zero-order valence-electron chi connectivity index (χ0n) is 8.30. The van der Waals surface area contributed by atoms with E-state index in [1.165, 1.54) is 13.8 Å². The van der Waals surface area contributed by atoms with Gasteiger partial charge in [-0.05, 0) is 33.2 Å². The first-order chi connectivity index (χ1) is 6.13. The molecule has 0 bridgehead atoms. The van der Waals surface area contributed by atoms with Crippen molar-refractivity contribution in [3.8, 4) is 0 Å². The molecule has 0 spiro atoms. The average Bonchev–Trinajstić information content (AvgIpc) is 2.04. The topological polar surface area (TPSA) is 46.2 Å². The fourth-order valence-corrected chi connectivity index (χ4v) is 2.02. The largest absolute Gasteiger partial charge is 0.313 e. The number of carbonyl (C=O) groups is 2. The third kappa shape index (κ3) is 2.62. The van der Waals surface area contributed by atoms with E-state index in [1.807, 2.05) is 0 Å². The molecular weight excluding hydrogens is 166 g/mol. The Morgan fingerprint density at radius 1 is 1.23 bits per heavy atom. The van der Waals surface area contributed by atoms with Gasteiger partial charge in [-0.15, -0.1) is 0 Å². The second kappa shape index (κ2) is 4.51. The molecule has 1 rings (SSSR count). The van der Waals surface area contributed by atoms with Crippen LogP contribution in [-0.4, -0.2) is 24.2 Å². The van der Waals surface area contributed by atoms with Gasteiger partial charge in [-0.2, -0.15) is 0 Å². The summed E-state index contributed by atoms with van der Waals surface area (Å²) in [5.41, 5.74) is 0. The lowest BCUT2D eigenvalue weighted by molar-refractivity contribution is -0.131. The molecule has 1 atom stereocenters. The number of hydrogen-bond acceptors (Lipinski definition) is 3. The summed E-state index contributed by atoms with van der Waals surface area (Å²) in [4.78, 5) is 22.4. The third-order valence-electron chi connectivity index (χ3n) is 2.63. The molecular formula is C10H17NO2. The lowest BCUT2D eigenvalue weighted by Crippen LogP contribution is -2.45. The first kappa shape index (κ1) is 10.4. The van der Waals surface area contributed by atoms with Crippen molar-refractivity contribution in [1.82, 2.24) is 5.32 Å². The first-order valence-electron chi connectivity index (χ1n) is 4.87. The summed E-state index contributed by atoms with van der Waals surface area (Å²) >= 11 is 0. The van der Waals surface area contributed by atoms with Crippen LogP contribution >= 0.6 is 0 Å². The molecule has 0 radical (unpaired) electrons. The van der Waals surface area contributed by atoms with Gasteiger partial charge in [0.1, 0.15) is 11.6 Å². The SMILES string of the molecule is CC(=O)C(C(C)=O)C1CCCCN1. The van der Waals surface area contributed by atoms with Crippen molar-refractivity contribution < 1.29 is 9.59 Å². The Morgan fingerprint density at radius 2 is 1.85 bits per heavy atom. The predicted molar refractivity (Wildman–Crippen MR) is 50.5 cm³/mol. The Kier molecular flexibility index (Phi) is 3.60. The molecule has 0 aromatic carbocycles. The highest BCUT2D eigenvalue weighted by Gasteiger charge is 2.30. The van der Waals surface area contributed by atoms with Crippen LogP contribution in [0.4, 0.5) is 0 Å². The van der Waals surface area contributed by atoms with Gasteiger partial charge in [-0.25, -0.2) is 0 Å². The molecule has 0 aromatic heterocycles. The smallest absolute Gasteiger partial charge is 0.141 e. The number of Topliss-reactive ketones (excluding diaryl/α,β-unsaturated/α-hetero) is 2. The molecule has 1 N–H and O–H groups in total. The zero-order valence-corrected chi connectivity index (χ0v) is 8.30. The maximum absolute atomic E-state index is 11.2. The molecule has 0 aromatic rings. The standard InChI is InChI=1S/C10H17NO2/c1-7(12)10(8(2)13)9-5-3-4-6-11-9/h9-11H,3-6H2,1-2H3. The van der Waals surface area contributed by atoms with Gasteiger partial charge in [-0.3, -0.25) is 9.59 Å². The van der Waals surface area contributed by atoms with Crippen LogP contribution in [0.15, 0.2) is 0 Å². The van der Waals surface area contributed by atoms with Crippen molar-refractivity contribution >= 4 is 11.6 Å². The molecule has 0 amide bonds. The molecule has 1 aliphatic heterocycles. The van der Waals surface area contributed by atoms with Crippen molar-refractivity contribution in [1.29, 1.82) is 0 Å². The number of piperidine rings is 1. The van der Waals surface area contributed by atoms with Crippen LogP contribution in [0.5, 0.6) is 0 Å². The molecule has 74 valence electrons. The lowest BCUT2D eigenvalue weighted by atomic mass is 9.87. The molecule has 0 saturated carbocycles. The van der Waals surface area contributed by atoms with E-state index in [1.54, 1.807) is 0 Å². The summed E-state index contributed by atoms with van der Waals surface area (Å²) in [6, 6.07) is 0.0868. The van der Waals surface area contributed by atoms with E-state index in [9.17, 15) is 9.59 Å². The Balaban J connectivity index is 2.62. The highest BCUT2D eigenvalue weighted by Crippen LogP contribution is 2.17. The Bertz CT molecular complexity index is 193. The normalized spacial score (nSPS) is 23.2. The molecule has 3 heteroatoms. The summed E-state index contributed by atoms with van der Waals surface area (Å²) in [5, 5.41) is 3.24. The number of nitrogens with one attached hydrogen (secondary N) is 1. The summed E-state index contributed by atoms with van der Waals surface area (Å²) in [6.45, 7) is 3.94. The molecule has 1 saturated heterocycles. The zero-order chi connectivity index (χ0) is 9.84. The van der Waals surface area contributed by atoms with Crippen LogP contribution in [0, 0.1) is 5.92 Å². The molecule has 0 aliphatic carbocycles. The Morgan fingerprint density at radius 3 is 2.23 bits per heavy atom. The third-order valence-corrected chi connectivity index (χ3v) is 2.63. The van der Waals surface area contributed by atoms with Crippen LogP contribution in [0.25, 0.3) is 0 Å². The van der Waals surface area contributed by atoms with Gasteiger partial charge >= 0.3 is 0 Å². The predicted octanol–water partition coefficient (Wildman–Crippen LogP) is 0.923. The maximum Gasteiger partial charge on any atom is 0.141 e. The molecule has 1 aliphatic rings. The van der Waals surface area contributed by atoms with Crippen molar-refractivity contribution in [3.05, 3.63) is 0 Å². The van der Waals surface area contributed by atoms with E-state index in [0.29, 0.717) is 0 Å². The first-order valence-corrected chi connectivity index (χ1v) is 4.87. The van der Waals surface area contributed by atoms with E-state index in [-0.39, 0.29) is 17.6 Å². The number of carbonyl (C=O) groups excluding carboxylic acids is 2. The van der Waals surface area contributed by atoms with Gasteiger partial charge in [-0.1, -0.05) is 6.42 Å². The summed E-state index contributed by atoms with van der Waals surface area (Å²) in [5.74, 6) is -0.431. The van der Waals surface area contributed by atoms with E-state index in [0.717, 1.165) is 25.8 Å².